The van der Waals surface area contributed by atoms with E-state index in [1.54, 1.807) is 4.90 Å². The molecule has 0 unspecified atom stereocenters. The Hall–Kier alpha value is -1.99. The van der Waals surface area contributed by atoms with Crippen LogP contribution in [0, 0.1) is 5.41 Å². The van der Waals surface area contributed by atoms with Crippen LogP contribution in [0.25, 0.3) is 11.2 Å². The van der Waals surface area contributed by atoms with Gasteiger partial charge in [0.25, 0.3) is 5.92 Å². The van der Waals surface area contributed by atoms with Crippen molar-refractivity contribution in [2.75, 3.05) is 24.6 Å². The fraction of sp³-hybridized carbons (Fsp3) is 0.643. The zero-order chi connectivity index (χ0) is 16.0. The van der Waals surface area contributed by atoms with E-state index in [1.165, 1.54) is 6.33 Å². The number of H-pyrrole nitrogens is 1. The van der Waals surface area contributed by atoms with E-state index in [1.807, 2.05) is 20.8 Å². The van der Waals surface area contributed by atoms with Crippen LogP contribution in [-0.4, -0.2) is 45.6 Å². The standard InChI is InChI=1S/C14H19F2N5O/c1-13(2,3)7-22-12-19-10-9(17-8-18-10)11(20-12)21-5-4-14(15,16)6-21/h8H,4-7H2,1-3H3,(H,17,18,19,20). The summed E-state index contributed by atoms with van der Waals surface area (Å²) in [6.45, 7) is 6.41. The van der Waals surface area contributed by atoms with Gasteiger partial charge in [0.15, 0.2) is 11.5 Å². The van der Waals surface area contributed by atoms with E-state index in [9.17, 15) is 8.78 Å². The van der Waals surface area contributed by atoms with Gasteiger partial charge >= 0.3 is 6.01 Å². The first-order valence-corrected chi connectivity index (χ1v) is 7.20. The van der Waals surface area contributed by atoms with Crippen molar-refractivity contribution in [3.8, 4) is 6.01 Å². The van der Waals surface area contributed by atoms with Crippen molar-refractivity contribution in [2.45, 2.75) is 33.1 Å². The van der Waals surface area contributed by atoms with Crippen LogP contribution < -0.4 is 9.64 Å². The minimum absolute atomic E-state index is 0.0509. The van der Waals surface area contributed by atoms with Gasteiger partial charge in [-0.15, -0.1) is 0 Å². The number of fused-ring (bicyclic) bond motifs is 1. The maximum absolute atomic E-state index is 13.5. The second kappa shape index (κ2) is 5.03. The molecule has 8 heteroatoms. The van der Waals surface area contributed by atoms with Crippen LogP contribution in [0.3, 0.4) is 0 Å². The third-order valence-electron chi connectivity index (χ3n) is 3.35. The predicted molar refractivity (Wildman–Crippen MR) is 78.4 cm³/mol. The second-order valence-electron chi connectivity index (χ2n) is 6.81. The molecule has 2 aromatic heterocycles. The van der Waals surface area contributed by atoms with Gasteiger partial charge in [-0.25, -0.2) is 13.8 Å². The number of aromatic nitrogens is 4. The highest BCUT2D eigenvalue weighted by Crippen LogP contribution is 2.33. The number of ether oxygens (including phenoxy) is 1. The molecule has 1 aliphatic rings. The Bertz CT molecular complexity index is 679. The third kappa shape index (κ3) is 3.10. The zero-order valence-corrected chi connectivity index (χ0v) is 12.9. The Morgan fingerprint density at radius 2 is 2.14 bits per heavy atom. The number of hydrogen-bond acceptors (Lipinski definition) is 5. The highest BCUT2D eigenvalue weighted by Gasteiger charge is 2.39. The molecule has 2 aromatic rings. The molecule has 3 heterocycles. The van der Waals surface area contributed by atoms with Gasteiger partial charge in [0.1, 0.15) is 5.52 Å². The molecule has 22 heavy (non-hydrogen) atoms. The van der Waals surface area contributed by atoms with Crippen molar-refractivity contribution >= 4 is 17.0 Å². The molecule has 3 rings (SSSR count). The summed E-state index contributed by atoms with van der Waals surface area (Å²) in [7, 11) is 0. The lowest BCUT2D eigenvalue weighted by atomic mass is 9.99. The van der Waals surface area contributed by atoms with Gasteiger partial charge in [0.05, 0.1) is 19.5 Å². The van der Waals surface area contributed by atoms with E-state index in [0.29, 0.717) is 23.6 Å². The molecule has 0 atom stereocenters. The van der Waals surface area contributed by atoms with Gasteiger partial charge in [-0.1, -0.05) is 20.8 Å². The quantitative estimate of drug-likeness (QED) is 0.944. The number of aromatic amines is 1. The number of nitrogens with zero attached hydrogens (tertiary/aromatic N) is 4. The summed E-state index contributed by atoms with van der Waals surface area (Å²) in [4.78, 5) is 17.1. The zero-order valence-electron chi connectivity index (χ0n) is 12.9. The van der Waals surface area contributed by atoms with Gasteiger partial charge in [-0.3, -0.25) is 0 Å². The molecule has 0 aromatic carbocycles. The lowest BCUT2D eigenvalue weighted by Crippen LogP contribution is -2.26. The normalized spacial score (nSPS) is 18.1. The van der Waals surface area contributed by atoms with Crippen LogP contribution in [0.2, 0.25) is 0 Å². The number of nitrogens with one attached hydrogen (secondary N) is 1. The van der Waals surface area contributed by atoms with Gasteiger partial charge < -0.3 is 14.6 Å². The summed E-state index contributed by atoms with van der Waals surface area (Å²) < 4.78 is 32.5. The molecule has 1 fully saturated rings. The first kappa shape index (κ1) is 14.9. The van der Waals surface area contributed by atoms with E-state index in [4.69, 9.17) is 4.74 Å². The number of imidazole rings is 1. The minimum Gasteiger partial charge on any atom is -0.463 e. The van der Waals surface area contributed by atoms with Crippen molar-refractivity contribution in [3.63, 3.8) is 0 Å². The number of hydrogen-bond donors (Lipinski definition) is 1. The number of anilines is 1. The van der Waals surface area contributed by atoms with Crippen molar-refractivity contribution in [1.82, 2.24) is 19.9 Å². The number of halogens is 2. The van der Waals surface area contributed by atoms with Crippen LogP contribution in [0.15, 0.2) is 6.33 Å². The Kier molecular flexibility index (Phi) is 3.41. The molecule has 0 aliphatic carbocycles. The van der Waals surface area contributed by atoms with Crippen LogP contribution in [0.4, 0.5) is 14.6 Å². The fourth-order valence-corrected chi connectivity index (χ4v) is 2.29. The maximum atomic E-state index is 13.5. The first-order valence-electron chi connectivity index (χ1n) is 7.20. The van der Waals surface area contributed by atoms with E-state index in [0.717, 1.165) is 0 Å². The molecule has 1 aliphatic heterocycles. The molecular weight excluding hydrogens is 292 g/mol. The average molecular weight is 311 g/mol. The topological polar surface area (TPSA) is 66.9 Å². The Labute approximate surface area is 126 Å². The van der Waals surface area contributed by atoms with Gasteiger partial charge in [-0.05, 0) is 5.41 Å². The summed E-state index contributed by atoms with van der Waals surface area (Å²) in [5.74, 6) is -2.27. The van der Waals surface area contributed by atoms with E-state index in [2.05, 4.69) is 19.9 Å². The Morgan fingerprint density at radius 3 is 2.77 bits per heavy atom. The fourth-order valence-electron chi connectivity index (χ4n) is 2.29. The predicted octanol–water partition coefficient (Wildman–Crippen LogP) is 2.62. The molecule has 0 spiro atoms. The van der Waals surface area contributed by atoms with Crippen LogP contribution >= 0.6 is 0 Å². The van der Waals surface area contributed by atoms with Crippen LogP contribution in [0.5, 0.6) is 6.01 Å². The second-order valence-corrected chi connectivity index (χ2v) is 6.81. The van der Waals surface area contributed by atoms with Crippen molar-refractivity contribution in [3.05, 3.63) is 6.33 Å². The smallest absolute Gasteiger partial charge is 0.320 e. The Morgan fingerprint density at radius 1 is 1.36 bits per heavy atom. The monoisotopic (exact) mass is 311 g/mol. The van der Waals surface area contributed by atoms with Crippen LogP contribution in [0.1, 0.15) is 27.2 Å². The first-order chi connectivity index (χ1) is 10.2. The summed E-state index contributed by atoms with van der Waals surface area (Å²) in [6, 6.07) is 0.166. The molecule has 0 amide bonds. The summed E-state index contributed by atoms with van der Waals surface area (Å²) >= 11 is 0. The molecule has 0 radical (unpaired) electrons. The number of alkyl halides is 2. The summed E-state index contributed by atoms with van der Waals surface area (Å²) in [6.07, 6.45) is 1.30. The summed E-state index contributed by atoms with van der Waals surface area (Å²) in [5.41, 5.74) is 0.926. The maximum Gasteiger partial charge on any atom is 0.320 e. The molecule has 1 N–H and O–H groups in total. The van der Waals surface area contributed by atoms with Gasteiger partial charge in [0.2, 0.25) is 0 Å². The molecule has 120 valence electrons. The molecule has 6 nitrogen and oxygen atoms in total. The molecule has 1 saturated heterocycles. The minimum atomic E-state index is -2.69. The lowest BCUT2D eigenvalue weighted by molar-refractivity contribution is 0.0257. The molecule has 0 bridgehead atoms. The molecule has 0 saturated carbocycles. The van der Waals surface area contributed by atoms with Gasteiger partial charge in [-0.2, -0.15) is 9.97 Å². The number of rotatable bonds is 3. The largest absolute Gasteiger partial charge is 0.463 e. The Balaban J connectivity index is 1.93. The van der Waals surface area contributed by atoms with Crippen molar-refractivity contribution < 1.29 is 13.5 Å². The lowest BCUT2D eigenvalue weighted by Gasteiger charge is -2.20. The van der Waals surface area contributed by atoms with E-state index >= 15 is 0 Å². The van der Waals surface area contributed by atoms with Crippen molar-refractivity contribution in [1.29, 1.82) is 0 Å². The summed E-state index contributed by atoms with van der Waals surface area (Å²) in [5, 5.41) is 0. The molecular formula is C14H19F2N5O. The highest BCUT2D eigenvalue weighted by atomic mass is 19.3. The van der Waals surface area contributed by atoms with Crippen LogP contribution in [-0.2, 0) is 0 Å². The van der Waals surface area contributed by atoms with Crippen molar-refractivity contribution in [2.24, 2.45) is 5.41 Å². The third-order valence-corrected chi connectivity index (χ3v) is 3.35. The average Bonchev–Trinajstić information content (AvgIpc) is 3.00. The van der Waals surface area contributed by atoms with E-state index in [-0.39, 0.29) is 30.9 Å². The SMILES string of the molecule is CC(C)(C)COc1nc(N2CCC(F)(F)C2)c2[nH]cnc2n1. The highest BCUT2D eigenvalue weighted by molar-refractivity contribution is 5.83. The van der Waals surface area contributed by atoms with E-state index < -0.39 is 5.92 Å². The van der Waals surface area contributed by atoms with Gasteiger partial charge in [0, 0.05) is 13.0 Å².